The molecule has 0 spiro atoms. The average Bonchev–Trinajstić information content (AvgIpc) is 2.73. The van der Waals surface area contributed by atoms with Gasteiger partial charge in [0, 0.05) is 19.2 Å². The highest BCUT2D eigenvalue weighted by molar-refractivity contribution is 5.91. The summed E-state index contributed by atoms with van der Waals surface area (Å²) in [5.41, 5.74) is 0.715. The molecule has 0 N–H and O–H groups in total. The first-order chi connectivity index (χ1) is 9.66. The molecule has 0 radical (unpaired) electrons. The number of nitrogens with zero attached hydrogens (tertiary/aromatic N) is 1. The van der Waals surface area contributed by atoms with Gasteiger partial charge in [0.25, 0.3) is 0 Å². The molecule has 1 aliphatic carbocycles. The van der Waals surface area contributed by atoms with Crippen LogP contribution in [0.3, 0.4) is 0 Å². The van der Waals surface area contributed by atoms with Crippen molar-refractivity contribution in [2.24, 2.45) is 0 Å². The summed E-state index contributed by atoms with van der Waals surface area (Å²) < 4.78 is 13.1. The second-order valence-corrected chi connectivity index (χ2v) is 5.48. The molecule has 108 valence electrons. The van der Waals surface area contributed by atoms with Gasteiger partial charge in [-0.25, -0.2) is 4.39 Å². The van der Waals surface area contributed by atoms with Gasteiger partial charge in [-0.05, 0) is 36.6 Å². The summed E-state index contributed by atoms with van der Waals surface area (Å²) in [5.74, 6) is -0.280. The molecule has 1 aromatic rings. The highest BCUT2D eigenvalue weighted by atomic mass is 19.1. The second-order valence-electron chi connectivity index (χ2n) is 5.48. The van der Waals surface area contributed by atoms with Crippen molar-refractivity contribution in [1.82, 2.24) is 4.90 Å². The van der Waals surface area contributed by atoms with E-state index in [9.17, 15) is 9.18 Å². The maximum atomic E-state index is 13.1. The third kappa shape index (κ3) is 4.19. The normalized spacial score (nSPS) is 17.1. The highest BCUT2D eigenvalue weighted by Crippen LogP contribution is 2.21. The van der Waals surface area contributed by atoms with E-state index in [1.807, 2.05) is 11.9 Å². The number of carbonyl (C=O) groups is 1. The van der Waals surface area contributed by atoms with Crippen molar-refractivity contribution in [2.45, 2.75) is 44.6 Å². The van der Waals surface area contributed by atoms with Crippen LogP contribution in [0.4, 0.5) is 4.39 Å². The van der Waals surface area contributed by atoms with E-state index in [-0.39, 0.29) is 11.7 Å². The molecule has 3 heteroatoms. The zero-order valence-electron chi connectivity index (χ0n) is 12.0. The number of halogens is 1. The van der Waals surface area contributed by atoms with Crippen LogP contribution in [0.1, 0.15) is 44.1 Å². The van der Waals surface area contributed by atoms with Gasteiger partial charge in [-0.2, -0.15) is 0 Å². The summed E-state index contributed by atoms with van der Waals surface area (Å²) in [7, 11) is 1.87. The lowest BCUT2D eigenvalue weighted by Crippen LogP contribution is -2.35. The van der Waals surface area contributed by atoms with Gasteiger partial charge < -0.3 is 4.90 Å². The number of likely N-dealkylation sites (N-methyl/N-ethyl adjacent to an activating group) is 1. The van der Waals surface area contributed by atoms with Crippen molar-refractivity contribution in [3.8, 4) is 0 Å². The Morgan fingerprint density at radius 1 is 1.25 bits per heavy atom. The average molecular weight is 275 g/mol. The number of carbonyl (C=O) groups excluding carboxylic acids is 1. The van der Waals surface area contributed by atoms with Crippen molar-refractivity contribution in [3.05, 3.63) is 41.7 Å². The fraction of sp³-hybridized carbons (Fsp3) is 0.471. The van der Waals surface area contributed by atoms with Gasteiger partial charge in [-0.15, -0.1) is 0 Å². The summed E-state index contributed by atoms with van der Waals surface area (Å²) in [6.07, 6.45) is 10.4. The number of amides is 1. The zero-order chi connectivity index (χ0) is 14.4. The maximum absolute atomic E-state index is 13.1. The van der Waals surface area contributed by atoms with Crippen LogP contribution in [-0.4, -0.2) is 23.9 Å². The number of hydrogen-bond donors (Lipinski definition) is 0. The van der Waals surface area contributed by atoms with Crippen molar-refractivity contribution >= 4 is 12.0 Å². The first-order valence-electron chi connectivity index (χ1n) is 7.37. The molecule has 1 amide bonds. The first kappa shape index (κ1) is 14.8. The minimum absolute atomic E-state index is 0.00108. The van der Waals surface area contributed by atoms with Gasteiger partial charge in [-0.1, -0.05) is 37.8 Å². The van der Waals surface area contributed by atoms with E-state index < -0.39 is 0 Å². The van der Waals surface area contributed by atoms with Crippen LogP contribution in [0.25, 0.3) is 6.08 Å². The Balaban J connectivity index is 1.96. The lowest BCUT2D eigenvalue weighted by molar-refractivity contribution is -0.126. The van der Waals surface area contributed by atoms with Gasteiger partial charge in [-0.3, -0.25) is 4.79 Å². The molecule has 2 nitrogen and oxygen atoms in total. The zero-order valence-corrected chi connectivity index (χ0v) is 12.0. The highest BCUT2D eigenvalue weighted by Gasteiger charge is 2.19. The largest absolute Gasteiger partial charge is 0.339 e. The SMILES string of the molecule is CN(C(=O)/C=C/c1cccc(F)c1)C1CCCCCC1. The molecule has 0 unspecified atom stereocenters. The van der Waals surface area contributed by atoms with Crippen molar-refractivity contribution in [1.29, 1.82) is 0 Å². The molecule has 2 rings (SSSR count). The minimum atomic E-state index is -0.281. The third-order valence-corrected chi connectivity index (χ3v) is 3.99. The van der Waals surface area contributed by atoms with E-state index in [2.05, 4.69) is 0 Å². The van der Waals surface area contributed by atoms with Gasteiger partial charge in [0.2, 0.25) is 5.91 Å². The van der Waals surface area contributed by atoms with Crippen molar-refractivity contribution < 1.29 is 9.18 Å². The van der Waals surface area contributed by atoms with Crippen LogP contribution in [-0.2, 0) is 4.79 Å². The predicted molar refractivity (Wildman–Crippen MR) is 79.7 cm³/mol. The molecule has 1 fully saturated rings. The smallest absolute Gasteiger partial charge is 0.246 e. The number of rotatable bonds is 3. The molecular formula is C17H22FNO. The van der Waals surface area contributed by atoms with E-state index >= 15 is 0 Å². The lowest BCUT2D eigenvalue weighted by atomic mass is 10.1. The standard InChI is InChI=1S/C17H22FNO/c1-19(16-9-4-2-3-5-10-16)17(20)12-11-14-7-6-8-15(18)13-14/h6-8,11-13,16H,2-5,9-10H2,1H3/b12-11+. The van der Waals surface area contributed by atoms with Gasteiger partial charge in [0.05, 0.1) is 0 Å². The summed E-state index contributed by atoms with van der Waals surface area (Å²) in [6.45, 7) is 0. The van der Waals surface area contributed by atoms with Crippen LogP contribution >= 0.6 is 0 Å². The van der Waals surface area contributed by atoms with Gasteiger partial charge in [0.1, 0.15) is 5.82 Å². The van der Waals surface area contributed by atoms with E-state index in [1.54, 1.807) is 24.3 Å². The molecule has 0 aromatic heterocycles. The molecule has 1 saturated carbocycles. The van der Waals surface area contributed by atoms with E-state index in [1.165, 1.54) is 37.8 Å². The van der Waals surface area contributed by atoms with E-state index in [0.717, 1.165) is 12.8 Å². The Morgan fingerprint density at radius 3 is 2.60 bits per heavy atom. The summed E-state index contributed by atoms with van der Waals surface area (Å²) in [5, 5.41) is 0. The summed E-state index contributed by atoms with van der Waals surface area (Å²) in [6, 6.07) is 6.61. The summed E-state index contributed by atoms with van der Waals surface area (Å²) in [4.78, 5) is 14.0. The molecule has 20 heavy (non-hydrogen) atoms. The van der Waals surface area contributed by atoms with Crippen LogP contribution in [0.15, 0.2) is 30.3 Å². The fourth-order valence-corrected chi connectivity index (χ4v) is 2.72. The molecule has 1 aliphatic rings. The van der Waals surface area contributed by atoms with Crippen molar-refractivity contribution in [3.63, 3.8) is 0 Å². The quantitative estimate of drug-likeness (QED) is 0.602. The van der Waals surface area contributed by atoms with Gasteiger partial charge in [0.15, 0.2) is 0 Å². The Labute approximate surface area is 120 Å². The molecule has 0 aliphatic heterocycles. The monoisotopic (exact) mass is 275 g/mol. The van der Waals surface area contributed by atoms with Crippen LogP contribution in [0, 0.1) is 5.82 Å². The minimum Gasteiger partial charge on any atom is -0.339 e. The molecule has 0 heterocycles. The molecule has 1 aromatic carbocycles. The number of hydrogen-bond acceptors (Lipinski definition) is 1. The van der Waals surface area contributed by atoms with Crippen molar-refractivity contribution in [2.75, 3.05) is 7.05 Å². The Bertz CT molecular complexity index is 476. The molecule has 0 atom stereocenters. The van der Waals surface area contributed by atoms with Crippen LogP contribution in [0.2, 0.25) is 0 Å². The predicted octanol–water partition coefficient (Wildman–Crippen LogP) is 4.02. The maximum Gasteiger partial charge on any atom is 0.246 e. The topological polar surface area (TPSA) is 20.3 Å². The Morgan fingerprint density at radius 2 is 1.95 bits per heavy atom. The fourth-order valence-electron chi connectivity index (χ4n) is 2.72. The Hall–Kier alpha value is -1.64. The molecular weight excluding hydrogens is 253 g/mol. The molecule has 0 bridgehead atoms. The molecule has 0 saturated heterocycles. The van der Waals surface area contributed by atoms with Crippen LogP contribution in [0.5, 0.6) is 0 Å². The third-order valence-electron chi connectivity index (χ3n) is 3.99. The van der Waals surface area contributed by atoms with E-state index in [0.29, 0.717) is 11.6 Å². The van der Waals surface area contributed by atoms with Crippen LogP contribution < -0.4 is 0 Å². The number of benzene rings is 1. The lowest BCUT2D eigenvalue weighted by Gasteiger charge is -2.26. The first-order valence-corrected chi connectivity index (χ1v) is 7.37. The van der Waals surface area contributed by atoms with Gasteiger partial charge >= 0.3 is 0 Å². The van der Waals surface area contributed by atoms with E-state index in [4.69, 9.17) is 0 Å². The second kappa shape index (κ2) is 7.22. The summed E-state index contributed by atoms with van der Waals surface area (Å²) >= 11 is 0. The Kier molecular flexibility index (Phi) is 5.33.